The molecule has 2 aromatic rings. The van der Waals surface area contributed by atoms with Crippen molar-refractivity contribution in [2.75, 3.05) is 0 Å². The molecule has 1 N–H and O–H groups in total. The minimum Gasteiger partial charge on any atom is -0.292 e. The van der Waals surface area contributed by atoms with Crippen molar-refractivity contribution in [3.63, 3.8) is 0 Å². The number of rotatable bonds is 1. The van der Waals surface area contributed by atoms with E-state index in [1.807, 2.05) is 45.0 Å². The fourth-order valence-corrected chi connectivity index (χ4v) is 1.73. The smallest absolute Gasteiger partial charge is 0.249 e. The maximum absolute atomic E-state index is 12.1. The SMILES string of the molecule is CC(C)(C)C([NH])C(=O)n1cc2ccccc2c1. The lowest BCUT2D eigenvalue weighted by atomic mass is 9.87. The minimum absolute atomic E-state index is 0.172. The number of carbonyl (C=O) groups is 1. The van der Waals surface area contributed by atoms with Gasteiger partial charge in [-0.3, -0.25) is 9.36 Å². The van der Waals surface area contributed by atoms with Crippen molar-refractivity contribution < 1.29 is 4.79 Å². The summed E-state index contributed by atoms with van der Waals surface area (Å²) < 4.78 is 1.54. The first-order valence-corrected chi connectivity index (χ1v) is 5.71. The first-order valence-electron chi connectivity index (χ1n) is 5.71. The van der Waals surface area contributed by atoms with Crippen LogP contribution in [0.3, 0.4) is 0 Å². The number of hydrogen-bond acceptors (Lipinski definition) is 1. The van der Waals surface area contributed by atoms with Crippen LogP contribution >= 0.6 is 0 Å². The second-order valence-corrected chi connectivity index (χ2v) is 5.43. The van der Waals surface area contributed by atoms with E-state index in [2.05, 4.69) is 0 Å². The molecule has 1 unspecified atom stereocenters. The fourth-order valence-electron chi connectivity index (χ4n) is 1.73. The molecule has 17 heavy (non-hydrogen) atoms. The maximum atomic E-state index is 12.1. The van der Waals surface area contributed by atoms with Crippen LogP contribution in [0.5, 0.6) is 0 Å². The van der Waals surface area contributed by atoms with Gasteiger partial charge in [0.05, 0.1) is 0 Å². The third-order valence-corrected chi connectivity index (χ3v) is 2.92. The standard InChI is InChI=1S/C14H17N2O/c1-14(2,3)12(15)13(17)16-8-10-6-4-5-7-11(10)9-16/h4-9,12,15H,1-3H3. The second-order valence-electron chi connectivity index (χ2n) is 5.43. The zero-order chi connectivity index (χ0) is 12.6. The van der Waals surface area contributed by atoms with E-state index in [-0.39, 0.29) is 11.3 Å². The van der Waals surface area contributed by atoms with Crippen molar-refractivity contribution in [2.45, 2.75) is 26.8 Å². The summed E-state index contributed by atoms with van der Waals surface area (Å²) in [4.78, 5) is 12.1. The molecule has 0 saturated heterocycles. The van der Waals surface area contributed by atoms with Gasteiger partial charge in [0.25, 0.3) is 0 Å². The van der Waals surface area contributed by atoms with Crippen molar-refractivity contribution in [1.29, 1.82) is 0 Å². The molecule has 1 atom stereocenters. The Morgan fingerprint density at radius 2 is 1.65 bits per heavy atom. The molecule has 89 valence electrons. The van der Waals surface area contributed by atoms with Crippen LogP contribution in [0.2, 0.25) is 0 Å². The van der Waals surface area contributed by atoms with E-state index in [4.69, 9.17) is 5.73 Å². The molecule has 2 rings (SSSR count). The topological polar surface area (TPSA) is 45.8 Å². The molecular weight excluding hydrogens is 212 g/mol. The van der Waals surface area contributed by atoms with Crippen LogP contribution in [-0.2, 0) is 0 Å². The van der Waals surface area contributed by atoms with Gasteiger partial charge in [-0.1, -0.05) is 45.0 Å². The highest BCUT2D eigenvalue weighted by Crippen LogP contribution is 2.21. The summed E-state index contributed by atoms with van der Waals surface area (Å²) in [6, 6.07) is 7.08. The Hall–Kier alpha value is -1.61. The fraction of sp³-hybridized carbons (Fsp3) is 0.357. The molecular formula is C14H17N2O. The van der Waals surface area contributed by atoms with E-state index in [1.165, 1.54) is 4.57 Å². The van der Waals surface area contributed by atoms with E-state index >= 15 is 0 Å². The molecule has 0 spiro atoms. The number of hydrogen-bond donors (Lipinski definition) is 0. The summed E-state index contributed by atoms with van der Waals surface area (Å²) in [6.45, 7) is 5.73. The normalized spacial score (nSPS) is 13.9. The van der Waals surface area contributed by atoms with Crippen molar-refractivity contribution in [1.82, 2.24) is 10.3 Å². The Balaban J connectivity index is 2.37. The maximum Gasteiger partial charge on any atom is 0.249 e. The van der Waals surface area contributed by atoms with Gasteiger partial charge in [0.15, 0.2) is 0 Å². The van der Waals surface area contributed by atoms with Crippen LogP contribution < -0.4 is 5.73 Å². The Bertz CT molecular complexity index is 516. The number of fused-ring (bicyclic) bond motifs is 1. The highest BCUT2D eigenvalue weighted by Gasteiger charge is 2.29. The largest absolute Gasteiger partial charge is 0.292 e. The number of nitrogens with zero attached hydrogens (tertiary/aromatic N) is 1. The molecule has 3 heteroatoms. The Morgan fingerprint density at radius 3 is 2.06 bits per heavy atom. The lowest BCUT2D eigenvalue weighted by molar-refractivity contribution is 0.0810. The van der Waals surface area contributed by atoms with Crippen LogP contribution in [0.25, 0.3) is 10.8 Å². The highest BCUT2D eigenvalue weighted by molar-refractivity contribution is 5.91. The molecule has 0 saturated carbocycles. The van der Waals surface area contributed by atoms with Gasteiger partial charge in [0.1, 0.15) is 6.04 Å². The van der Waals surface area contributed by atoms with Crippen molar-refractivity contribution >= 4 is 16.7 Å². The quantitative estimate of drug-likeness (QED) is 0.741. The summed E-state index contributed by atoms with van der Waals surface area (Å²) in [5.74, 6) is -0.172. The van der Waals surface area contributed by atoms with Gasteiger partial charge in [-0.15, -0.1) is 0 Å². The van der Waals surface area contributed by atoms with E-state index in [9.17, 15) is 4.79 Å². The predicted octanol–water partition coefficient (Wildman–Crippen LogP) is 2.98. The minimum atomic E-state index is -0.746. The third-order valence-electron chi connectivity index (χ3n) is 2.92. The lowest BCUT2D eigenvalue weighted by Crippen LogP contribution is -2.38. The van der Waals surface area contributed by atoms with Crippen LogP contribution in [0, 0.1) is 5.41 Å². The number of carbonyl (C=O) groups excluding carboxylic acids is 1. The summed E-state index contributed by atoms with van der Waals surface area (Å²) in [7, 11) is 0. The van der Waals surface area contributed by atoms with Gasteiger partial charge in [-0.25, -0.2) is 5.73 Å². The lowest BCUT2D eigenvalue weighted by Gasteiger charge is -2.24. The van der Waals surface area contributed by atoms with Gasteiger partial charge < -0.3 is 0 Å². The van der Waals surface area contributed by atoms with Crippen molar-refractivity contribution in [2.24, 2.45) is 5.41 Å². The Morgan fingerprint density at radius 1 is 1.18 bits per heavy atom. The zero-order valence-corrected chi connectivity index (χ0v) is 10.4. The first-order chi connectivity index (χ1) is 7.89. The third kappa shape index (κ3) is 2.24. The molecule has 1 aromatic carbocycles. The summed E-state index contributed by atoms with van der Waals surface area (Å²) in [6.07, 6.45) is 3.59. The van der Waals surface area contributed by atoms with Crippen molar-refractivity contribution in [3.8, 4) is 0 Å². The van der Waals surface area contributed by atoms with E-state index < -0.39 is 6.04 Å². The van der Waals surface area contributed by atoms with Crippen LogP contribution in [0.15, 0.2) is 36.7 Å². The molecule has 1 radical (unpaired) electrons. The molecule has 0 fully saturated rings. The molecule has 0 aliphatic rings. The monoisotopic (exact) mass is 229 g/mol. The molecule has 0 amide bonds. The number of benzene rings is 1. The summed E-state index contributed by atoms with van der Waals surface area (Å²) in [5.41, 5.74) is 7.63. The zero-order valence-electron chi connectivity index (χ0n) is 10.4. The van der Waals surface area contributed by atoms with E-state index in [1.54, 1.807) is 12.4 Å². The van der Waals surface area contributed by atoms with Gasteiger partial charge in [-0.05, 0) is 16.2 Å². The van der Waals surface area contributed by atoms with Gasteiger partial charge in [0.2, 0.25) is 5.91 Å². The molecule has 1 aromatic heterocycles. The van der Waals surface area contributed by atoms with Crippen LogP contribution in [-0.4, -0.2) is 16.5 Å². The van der Waals surface area contributed by atoms with Crippen LogP contribution in [0.1, 0.15) is 25.6 Å². The van der Waals surface area contributed by atoms with Gasteiger partial charge in [0, 0.05) is 12.4 Å². The highest BCUT2D eigenvalue weighted by atomic mass is 16.2. The first kappa shape index (κ1) is 11.9. The number of nitrogens with one attached hydrogen (secondary N) is 1. The molecule has 0 bridgehead atoms. The number of aromatic nitrogens is 1. The van der Waals surface area contributed by atoms with Gasteiger partial charge >= 0.3 is 0 Å². The van der Waals surface area contributed by atoms with E-state index in [0.717, 1.165) is 10.8 Å². The molecule has 0 aliphatic heterocycles. The van der Waals surface area contributed by atoms with Crippen molar-refractivity contribution in [3.05, 3.63) is 36.7 Å². The molecule has 3 nitrogen and oxygen atoms in total. The second kappa shape index (κ2) is 4.00. The van der Waals surface area contributed by atoms with Gasteiger partial charge in [-0.2, -0.15) is 0 Å². The average molecular weight is 229 g/mol. The Kier molecular flexibility index (Phi) is 2.79. The van der Waals surface area contributed by atoms with Crippen LogP contribution in [0.4, 0.5) is 0 Å². The summed E-state index contributed by atoms with van der Waals surface area (Å²) in [5, 5.41) is 2.06. The molecule has 0 aliphatic carbocycles. The average Bonchev–Trinajstić information content (AvgIpc) is 2.69. The summed E-state index contributed by atoms with van der Waals surface area (Å²) >= 11 is 0. The van der Waals surface area contributed by atoms with E-state index in [0.29, 0.717) is 0 Å². The predicted molar refractivity (Wildman–Crippen MR) is 68.9 cm³/mol. The molecule has 1 heterocycles. The Labute approximate surface area is 101 Å².